The molecule has 0 radical (unpaired) electrons. The van der Waals surface area contributed by atoms with Crippen molar-refractivity contribution in [3.05, 3.63) is 56.8 Å². The zero-order chi connectivity index (χ0) is 16.2. The number of hydrogen-bond acceptors (Lipinski definition) is 1. The molecule has 0 saturated carbocycles. The summed E-state index contributed by atoms with van der Waals surface area (Å²) < 4.78 is 68.3. The van der Waals surface area contributed by atoms with Crippen molar-refractivity contribution in [1.82, 2.24) is 0 Å². The molecule has 0 N–H and O–H groups in total. The quantitative estimate of drug-likeness (QED) is 0.542. The van der Waals surface area contributed by atoms with E-state index in [4.69, 9.17) is 0 Å². The number of aryl methyl sites for hydroxylation is 2. The van der Waals surface area contributed by atoms with Crippen LogP contribution < -0.4 is 0 Å². The predicted molar refractivity (Wildman–Crippen MR) is 77.4 cm³/mol. The summed E-state index contributed by atoms with van der Waals surface area (Å²) in [5, 5.41) is 5.39. The van der Waals surface area contributed by atoms with Gasteiger partial charge >= 0.3 is 0 Å². The smallest absolute Gasteiger partial charge is 0.196 e. The maximum absolute atomic E-state index is 14.1. The normalized spacial score (nSPS) is 22.9. The van der Waals surface area contributed by atoms with E-state index in [0.29, 0.717) is 5.56 Å². The van der Waals surface area contributed by atoms with Crippen LogP contribution in [0.3, 0.4) is 0 Å². The number of allylic oxidation sites excluding steroid dienone is 4. The van der Waals surface area contributed by atoms with Crippen molar-refractivity contribution in [2.75, 3.05) is 0 Å². The average molecular weight is 330 g/mol. The first-order chi connectivity index (χ1) is 10.3. The van der Waals surface area contributed by atoms with E-state index >= 15 is 0 Å². The molecule has 2 atom stereocenters. The monoisotopic (exact) mass is 330 g/mol. The van der Waals surface area contributed by atoms with Crippen LogP contribution in [0.4, 0.5) is 22.0 Å². The van der Waals surface area contributed by atoms with Crippen LogP contribution in [0.25, 0.3) is 10.8 Å². The molecule has 116 valence electrons. The third kappa shape index (κ3) is 2.00. The first kappa shape index (κ1) is 15.2. The maximum atomic E-state index is 14.1. The summed E-state index contributed by atoms with van der Waals surface area (Å²) in [6, 6.07) is 1.50. The molecule has 0 nitrogen and oxygen atoms in total. The van der Waals surface area contributed by atoms with Crippen LogP contribution in [-0.4, -0.2) is 6.17 Å². The molecular weight excluding hydrogens is 319 g/mol. The maximum Gasteiger partial charge on any atom is 0.196 e. The number of rotatable bonds is 1. The second kappa shape index (κ2) is 5.19. The summed E-state index contributed by atoms with van der Waals surface area (Å²) in [5.41, 5.74) is 1.41. The van der Waals surface area contributed by atoms with Crippen LogP contribution in [0.1, 0.15) is 22.6 Å². The fourth-order valence-electron chi connectivity index (χ4n) is 2.83. The highest BCUT2D eigenvalue weighted by molar-refractivity contribution is 7.09. The van der Waals surface area contributed by atoms with Gasteiger partial charge in [0.05, 0.1) is 5.92 Å². The largest absolute Gasteiger partial charge is 0.238 e. The number of hydrogen-bond donors (Lipinski definition) is 0. The average Bonchev–Trinajstić information content (AvgIpc) is 2.98. The molecule has 6 heteroatoms. The molecule has 1 aromatic heterocycles. The Kier molecular flexibility index (Phi) is 3.59. The molecule has 1 aliphatic carbocycles. The van der Waals surface area contributed by atoms with E-state index < -0.39 is 35.4 Å². The summed E-state index contributed by atoms with van der Waals surface area (Å²) in [6.45, 7) is 3.38. The first-order valence-corrected chi connectivity index (χ1v) is 7.49. The highest BCUT2D eigenvalue weighted by Crippen LogP contribution is 2.46. The third-order valence-electron chi connectivity index (χ3n) is 4.05. The van der Waals surface area contributed by atoms with Gasteiger partial charge in [0.25, 0.3) is 0 Å². The second-order valence-electron chi connectivity index (χ2n) is 5.31. The Hall–Kier alpha value is -1.69. The molecule has 2 unspecified atom stereocenters. The number of halogens is 5. The molecule has 0 spiro atoms. The van der Waals surface area contributed by atoms with Gasteiger partial charge in [-0.2, -0.15) is 11.3 Å². The summed E-state index contributed by atoms with van der Waals surface area (Å²) in [7, 11) is 0. The van der Waals surface area contributed by atoms with E-state index in [2.05, 4.69) is 0 Å². The van der Waals surface area contributed by atoms with Crippen molar-refractivity contribution in [3.63, 3.8) is 0 Å². The van der Waals surface area contributed by atoms with E-state index in [1.165, 1.54) is 17.4 Å². The molecule has 0 aliphatic heterocycles. The predicted octanol–water partition coefficient (Wildman–Crippen LogP) is 6.25. The topological polar surface area (TPSA) is 0 Å². The van der Waals surface area contributed by atoms with Gasteiger partial charge in [-0.05, 0) is 52.1 Å². The molecule has 3 rings (SSSR count). The molecular formula is C16H11F5S. The molecule has 2 aromatic rings. The van der Waals surface area contributed by atoms with Crippen molar-refractivity contribution in [2.24, 2.45) is 0 Å². The minimum atomic E-state index is -2.58. The van der Waals surface area contributed by atoms with Gasteiger partial charge in [0.15, 0.2) is 23.7 Å². The number of thiophene rings is 1. The summed E-state index contributed by atoms with van der Waals surface area (Å²) >= 11 is 1.42. The Bertz CT molecular complexity index is 830. The van der Waals surface area contributed by atoms with Crippen molar-refractivity contribution >= 4 is 22.1 Å². The highest BCUT2D eigenvalue weighted by atomic mass is 32.1. The van der Waals surface area contributed by atoms with Crippen LogP contribution >= 0.6 is 11.3 Å². The molecule has 0 amide bonds. The molecule has 1 aliphatic rings. The van der Waals surface area contributed by atoms with Gasteiger partial charge in [0.1, 0.15) is 5.83 Å². The van der Waals surface area contributed by atoms with Crippen LogP contribution in [0.15, 0.2) is 40.1 Å². The van der Waals surface area contributed by atoms with Gasteiger partial charge < -0.3 is 0 Å². The van der Waals surface area contributed by atoms with Gasteiger partial charge in [-0.3, -0.25) is 0 Å². The molecule has 1 heterocycles. The Balaban J connectivity index is 2.26. The lowest BCUT2D eigenvalue weighted by atomic mass is 9.83. The zero-order valence-electron chi connectivity index (χ0n) is 11.7. The van der Waals surface area contributed by atoms with Crippen molar-refractivity contribution in [3.8, 4) is 0 Å². The lowest BCUT2D eigenvalue weighted by Crippen LogP contribution is -2.22. The van der Waals surface area contributed by atoms with Crippen LogP contribution in [0.2, 0.25) is 0 Å². The Morgan fingerprint density at radius 3 is 2.18 bits per heavy atom. The fraction of sp³-hybridized carbons (Fsp3) is 0.250. The fourth-order valence-corrected chi connectivity index (χ4v) is 3.78. The van der Waals surface area contributed by atoms with Gasteiger partial charge in [-0.15, -0.1) is 0 Å². The molecule has 0 fully saturated rings. The second-order valence-corrected chi connectivity index (χ2v) is 6.05. The van der Waals surface area contributed by atoms with Crippen molar-refractivity contribution in [2.45, 2.75) is 25.9 Å². The lowest BCUT2D eigenvalue weighted by molar-refractivity contribution is 0.246. The van der Waals surface area contributed by atoms with Gasteiger partial charge in [-0.25, -0.2) is 22.0 Å². The zero-order valence-corrected chi connectivity index (χ0v) is 12.5. The van der Waals surface area contributed by atoms with Crippen LogP contribution in [-0.2, 0) is 0 Å². The summed E-state index contributed by atoms with van der Waals surface area (Å²) in [6.07, 6.45) is -2.58. The standard InChI is InChI=1S/C16H11F5S/c1-6-3-8(7(2)10-5-22-4-9(6)10)11-12(17)14(19)16(21)15(20)13(11)18/h3-5,11-12H,1-2H3. The SMILES string of the molecule is Cc1cc(C2C(F)=C(F)C(F)=C(F)C2F)c(C)c2cscc12. The summed E-state index contributed by atoms with van der Waals surface area (Å²) in [5.74, 6) is -9.36. The van der Waals surface area contributed by atoms with Crippen LogP contribution in [0, 0.1) is 13.8 Å². The van der Waals surface area contributed by atoms with Gasteiger partial charge in [0, 0.05) is 0 Å². The molecule has 22 heavy (non-hydrogen) atoms. The summed E-state index contributed by atoms with van der Waals surface area (Å²) in [4.78, 5) is 0. The first-order valence-electron chi connectivity index (χ1n) is 6.55. The Morgan fingerprint density at radius 1 is 0.909 bits per heavy atom. The van der Waals surface area contributed by atoms with E-state index in [1.54, 1.807) is 13.8 Å². The van der Waals surface area contributed by atoms with E-state index in [1.807, 2.05) is 10.8 Å². The third-order valence-corrected chi connectivity index (χ3v) is 4.79. The van der Waals surface area contributed by atoms with Gasteiger partial charge in [-0.1, -0.05) is 6.07 Å². The van der Waals surface area contributed by atoms with E-state index in [-0.39, 0.29) is 5.56 Å². The molecule has 0 bridgehead atoms. The number of fused-ring (bicyclic) bond motifs is 1. The minimum absolute atomic E-state index is 0.131. The Morgan fingerprint density at radius 2 is 1.50 bits per heavy atom. The molecule has 0 saturated heterocycles. The van der Waals surface area contributed by atoms with E-state index in [9.17, 15) is 22.0 Å². The highest BCUT2D eigenvalue weighted by Gasteiger charge is 2.42. The van der Waals surface area contributed by atoms with Crippen molar-refractivity contribution < 1.29 is 22.0 Å². The van der Waals surface area contributed by atoms with Crippen LogP contribution in [0.5, 0.6) is 0 Å². The minimum Gasteiger partial charge on any atom is -0.238 e. The van der Waals surface area contributed by atoms with Crippen molar-refractivity contribution in [1.29, 1.82) is 0 Å². The number of benzene rings is 1. The van der Waals surface area contributed by atoms with Gasteiger partial charge in [0.2, 0.25) is 0 Å². The lowest BCUT2D eigenvalue weighted by Gasteiger charge is -2.25. The number of alkyl halides is 1. The molecule has 1 aromatic carbocycles. The van der Waals surface area contributed by atoms with E-state index in [0.717, 1.165) is 16.3 Å². The Labute approximate surface area is 127 Å².